The van der Waals surface area contributed by atoms with Gasteiger partial charge < -0.3 is 4.90 Å². The molecule has 0 aliphatic heterocycles. The van der Waals surface area contributed by atoms with Gasteiger partial charge in [-0.3, -0.25) is 14.2 Å². The highest BCUT2D eigenvalue weighted by atomic mass is 32.2. The summed E-state index contributed by atoms with van der Waals surface area (Å²) in [6, 6.07) is 15.5. The summed E-state index contributed by atoms with van der Waals surface area (Å²) in [5, 5.41) is 10.8. The van der Waals surface area contributed by atoms with Gasteiger partial charge in [-0.2, -0.15) is 5.26 Å². The Balaban J connectivity index is 1.70. The number of carbonyl (C=O) groups is 1. The number of benzene rings is 2. The van der Waals surface area contributed by atoms with Crippen LogP contribution in [-0.2, 0) is 4.79 Å². The molecule has 0 N–H and O–H groups in total. The number of aromatic nitrogens is 2. The third kappa shape index (κ3) is 4.40. The Labute approximate surface area is 198 Å². The van der Waals surface area contributed by atoms with E-state index >= 15 is 0 Å². The molecule has 4 rings (SSSR count). The van der Waals surface area contributed by atoms with Gasteiger partial charge in [0, 0.05) is 7.05 Å². The topological polar surface area (TPSA) is 79.0 Å². The van der Waals surface area contributed by atoms with E-state index in [1.807, 2.05) is 50.2 Å². The summed E-state index contributed by atoms with van der Waals surface area (Å²) in [6.45, 7) is 4.04. The van der Waals surface area contributed by atoms with E-state index < -0.39 is 5.54 Å². The van der Waals surface area contributed by atoms with E-state index in [4.69, 9.17) is 4.98 Å². The van der Waals surface area contributed by atoms with Crippen LogP contribution >= 0.6 is 11.8 Å². The second-order valence-electron chi connectivity index (χ2n) is 8.77. The molecule has 1 heterocycles. The molecule has 0 spiro atoms. The van der Waals surface area contributed by atoms with Crippen LogP contribution in [0, 0.1) is 25.2 Å². The quantitative estimate of drug-likeness (QED) is 0.404. The van der Waals surface area contributed by atoms with E-state index in [0.717, 1.165) is 36.1 Å². The first kappa shape index (κ1) is 23.1. The summed E-state index contributed by atoms with van der Waals surface area (Å²) in [7, 11) is 1.72. The molecular formula is C26H28N4O2S. The number of hydrogen-bond donors (Lipinski definition) is 0. The number of rotatable bonds is 5. The van der Waals surface area contributed by atoms with E-state index in [1.54, 1.807) is 22.6 Å². The summed E-state index contributed by atoms with van der Waals surface area (Å²) < 4.78 is 1.59. The number of aryl methyl sites for hydroxylation is 2. The smallest absolute Gasteiger partial charge is 0.266 e. The fourth-order valence-electron chi connectivity index (χ4n) is 4.42. The summed E-state index contributed by atoms with van der Waals surface area (Å²) in [6.07, 6.45) is 4.42. The Bertz CT molecular complexity index is 1300. The molecule has 1 amide bonds. The van der Waals surface area contributed by atoms with Crippen LogP contribution in [0.4, 0.5) is 0 Å². The maximum atomic E-state index is 13.4. The van der Waals surface area contributed by atoms with Crippen molar-refractivity contribution in [1.29, 1.82) is 5.26 Å². The molecule has 170 valence electrons. The number of nitrogens with zero attached hydrogens (tertiary/aromatic N) is 4. The van der Waals surface area contributed by atoms with Crippen LogP contribution in [0.25, 0.3) is 16.6 Å². The maximum Gasteiger partial charge on any atom is 0.266 e. The standard InChI is InChI=1S/C26H28N4O2S/c1-18-11-12-20(15-19(18)2)30-24(32)21-9-5-6-10-22(21)28-25(30)33-16-23(31)29(3)26(17-27)13-7-4-8-14-26/h5-6,9-12,15H,4,7-8,13-14,16H2,1-3H3. The number of para-hydroxylation sites is 1. The Kier molecular flexibility index (Phi) is 6.57. The van der Waals surface area contributed by atoms with Crippen LogP contribution in [0.5, 0.6) is 0 Å². The minimum Gasteiger partial charge on any atom is -0.326 e. The van der Waals surface area contributed by atoms with Crippen LogP contribution in [0.3, 0.4) is 0 Å². The fraction of sp³-hybridized carbons (Fsp3) is 0.385. The van der Waals surface area contributed by atoms with E-state index in [0.29, 0.717) is 28.9 Å². The Morgan fingerprint density at radius 3 is 2.58 bits per heavy atom. The third-order valence-electron chi connectivity index (χ3n) is 6.72. The molecule has 1 saturated carbocycles. The van der Waals surface area contributed by atoms with Gasteiger partial charge in [-0.15, -0.1) is 0 Å². The van der Waals surface area contributed by atoms with Gasteiger partial charge in [0.1, 0.15) is 5.54 Å². The molecule has 1 fully saturated rings. The molecule has 0 atom stereocenters. The molecule has 33 heavy (non-hydrogen) atoms. The second kappa shape index (κ2) is 9.40. The molecule has 0 radical (unpaired) electrons. The largest absolute Gasteiger partial charge is 0.326 e. The van der Waals surface area contributed by atoms with E-state index in [-0.39, 0.29) is 17.2 Å². The predicted octanol–water partition coefficient (Wildman–Crippen LogP) is 4.78. The van der Waals surface area contributed by atoms with E-state index in [2.05, 4.69) is 6.07 Å². The second-order valence-corrected chi connectivity index (χ2v) is 9.71. The van der Waals surface area contributed by atoms with Crippen molar-refractivity contribution in [1.82, 2.24) is 14.5 Å². The lowest BCUT2D eigenvalue weighted by molar-refractivity contribution is -0.131. The van der Waals surface area contributed by atoms with Crippen molar-refractivity contribution in [2.45, 2.75) is 56.6 Å². The van der Waals surface area contributed by atoms with Crippen LogP contribution in [0.2, 0.25) is 0 Å². The number of fused-ring (bicyclic) bond motifs is 1. The fourth-order valence-corrected chi connectivity index (χ4v) is 5.35. The molecule has 3 aromatic rings. The van der Waals surface area contributed by atoms with E-state index in [1.165, 1.54) is 11.8 Å². The van der Waals surface area contributed by atoms with Gasteiger partial charge in [0.2, 0.25) is 5.91 Å². The first-order valence-corrected chi connectivity index (χ1v) is 12.2. The van der Waals surface area contributed by atoms with Gasteiger partial charge in [0.25, 0.3) is 5.56 Å². The van der Waals surface area contributed by atoms with Crippen molar-refractivity contribution in [2.24, 2.45) is 0 Å². The predicted molar refractivity (Wildman–Crippen MR) is 132 cm³/mol. The lowest BCUT2D eigenvalue weighted by Crippen LogP contribution is -2.50. The summed E-state index contributed by atoms with van der Waals surface area (Å²) >= 11 is 1.24. The van der Waals surface area contributed by atoms with Gasteiger partial charge in [0.15, 0.2) is 5.16 Å². The van der Waals surface area contributed by atoms with E-state index in [9.17, 15) is 14.9 Å². The molecule has 6 nitrogen and oxygen atoms in total. The van der Waals surface area contributed by atoms with Crippen LogP contribution in [-0.4, -0.2) is 38.7 Å². The average Bonchev–Trinajstić information content (AvgIpc) is 2.84. The highest BCUT2D eigenvalue weighted by Crippen LogP contribution is 2.33. The highest BCUT2D eigenvalue weighted by molar-refractivity contribution is 7.99. The van der Waals surface area contributed by atoms with Crippen molar-refractivity contribution in [3.63, 3.8) is 0 Å². The van der Waals surface area contributed by atoms with Gasteiger partial charge >= 0.3 is 0 Å². The Morgan fingerprint density at radius 2 is 1.88 bits per heavy atom. The molecule has 2 aromatic carbocycles. The number of hydrogen-bond acceptors (Lipinski definition) is 5. The maximum absolute atomic E-state index is 13.4. The number of thioether (sulfide) groups is 1. The molecule has 1 aliphatic rings. The summed E-state index contributed by atoms with van der Waals surface area (Å²) in [4.78, 5) is 32.9. The zero-order valence-electron chi connectivity index (χ0n) is 19.3. The lowest BCUT2D eigenvalue weighted by atomic mass is 9.81. The lowest BCUT2D eigenvalue weighted by Gasteiger charge is -2.39. The van der Waals surface area contributed by atoms with Gasteiger partial charge in [-0.1, -0.05) is 49.2 Å². The molecule has 0 saturated heterocycles. The van der Waals surface area contributed by atoms with Crippen molar-refractivity contribution >= 4 is 28.6 Å². The van der Waals surface area contributed by atoms with Crippen LogP contribution in [0.15, 0.2) is 52.4 Å². The van der Waals surface area contributed by atoms with Crippen molar-refractivity contribution in [3.8, 4) is 11.8 Å². The number of nitriles is 1. The average molecular weight is 461 g/mol. The zero-order chi connectivity index (χ0) is 23.6. The number of carbonyl (C=O) groups excluding carboxylic acids is 1. The summed E-state index contributed by atoms with van der Waals surface area (Å²) in [5.74, 6) is -0.0206. The zero-order valence-corrected chi connectivity index (χ0v) is 20.1. The molecule has 7 heteroatoms. The highest BCUT2D eigenvalue weighted by Gasteiger charge is 2.38. The molecule has 1 aromatic heterocycles. The monoisotopic (exact) mass is 460 g/mol. The van der Waals surface area contributed by atoms with Crippen molar-refractivity contribution in [2.75, 3.05) is 12.8 Å². The normalized spacial score (nSPS) is 15.2. The first-order chi connectivity index (χ1) is 15.9. The minimum absolute atomic E-state index is 0.107. The molecule has 1 aliphatic carbocycles. The van der Waals surface area contributed by atoms with Gasteiger partial charge in [-0.25, -0.2) is 4.98 Å². The van der Waals surface area contributed by atoms with Crippen LogP contribution in [0.1, 0.15) is 43.2 Å². The number of amides is 1. The van der Waals surface area contributed by atoms with Crippen molar-refractivity contribution < 1.29 is 4.79 Å². The van der Waals surface area contributed by atoms with Gasteiger partial charge in [0.05, 0.1) is 28.4 Å². The van der Waals surface area contributed by atoms with Gasteiger partial charge in [-0.05, 0) is 62.1 Å². The van der Waals surface area contributed by atoms with Crippen molar-refractivity contribution in [3.05, 3.63) is 63.9 Å². The molecule has 0 bridgehead atoms. The Hall–Kier alpha value is -3.11. The van der Waals surface area contributed by atoms with Crippen LogP contribution < -0.4 is 5.56 Å². The minimum atomic E-state index is -0.736. The first-order valence-electron chi connectivity index (χ1n) is 11.3. The molecular weight excluding hydrogens is 432 g/mol. The Morgan fingerprint density at radius 1 is 1.15 bits per heavy atom. The summed E-state index contributed by atoms with van der Waals surface area (Å²) in [5.41, 5.74) is 2.65. The molecule has 0 unspecified atom stereocenters. The third-order valence-corrected chi connectivity index (χ3v) is 7.65. The SMILES string of the molecule is Cc1ccc(-n2c(SCC(=O)N(C)C3(C#N)CCCCC3)nc3ccccc3c2=O)cc1C.